The summed E-state index contributed by atoms with van der Waals surface area (Å²) in [6.45, 7) is 8.87. The lowest BCUT2D eigenvalue weighted by Crippen LogP contribution is -2.30. The van der Waals surface area contributed by atoms with Crippen LogP contribution in [0.5, 0.6) is 0 Å². The predicted molar refractivity (Wildman–Crippen MR) is 91.3 cm³/mol. The standard InChI is InChI=1S/C20H14FN2O/c1-12-15(17-6-4-5-9-23(17)3)11-16-14-8-7-13(22-2)10-18(14)24-20(16)19(12)21/h4-11H,1,3H3/q+1. The Hall–Kier alpha value is -3.19. The molecular formula is C20H14FN2O+. The van der Waals surface area contributed by atoms with Gasteiger partial charge in [-0.25, -0.2) is 13.8 Å². The molecule has 0 amide bonds. The summed E-state index contributed by atoms with van der Waals surface area (Å²) in [7, 11) is 1.94. The quantitative estimate of drug-likeness (QED) is 0.354. The lowest BCUT2D eigenvalue weighted by molar-refractivity contribution is -0.660. The molecule has 3 nitrogen and oxygen atoms in total. The minimum absolute atomic E-state index is 0.243. The van der Waals surface area contributed by atoms with Crippen molar-refractivity contribution in [3.05, 3.63) is 71.5 Å². The summed E-state index contributed by atoms with van der Waals surface area (Å²) in [5.41, 5.74) is 3.57. The third kappa shape index (κ3) is 1.99. The van der Waals surface area contributed by atoms with E-state index in [1.54, 1.807) is 19.1 Å². The zero-order chi connectivity index (χ0) is 16.8. The molecule has 0 N–H and O–H groups in total. The number of nitrogens with zero attached hydrogens (tertiary/aromatic N) is 2. The number of rotatable bonds is 1. The zero-order valence-corrected chi connectivity index (χ0v) is 13.3. The molecule has 2 heterocycles. The topological polar surface area (TPSA) is 21.4 Å². The molecule has 0 spiro atoms. The van der Waals surface area contributed by atoms with E-state index in [-0.39, 0.29) is 11.4 Å². The molecule has 2 aromatic carbocycles. The molecule has 0 aliphatic rings. The van der Waals surface area contributed by atoms with Crippen molar-refractivity contribution in [3.63, 3.8) is 0 Å². The molecule has 0 radical (unpaired) electrons. The number of halogens is 1. The number of hydrogen-bond acceptors (Lipinski definition) is 1. The second kappa shape index (κ2) is 5.17. The van der Waals surface area contributed by atoms with Crippen LogP contribution in [0, 0.1) is 19.3 Å². The van der Waals surface area contributed by atoms with Gasteiger partial charge in [0.1, 0.15) is 12.6 Å². The SMILES string of the molecule is [C-]#[N+]c1ccc2c(c1)oc1c(F)c(C)c(-c3cccc[n+]3C)cc12. The fraction of sp³-hybridized carbons (Fsp3) is 0.100. The van der Waals surface area contributed by atoms with Crippen molar-refractivity contribution in [2.45, 2.75) is 6.92 Å². The molecule has 0 aliphatic heterocycles. The fourth-order valence-corrected chi connectivity index (χ4v) is 3.09. The first kappa shape index (κ1) is 14.4. The number of benzene rings is 2. The van der Waals surface area contributed by atoms with Crippen LogP contribution >= 0.6 is 0 Å². The van der Waals surface area contributed by atoms with Gasteiger partial charge in [0, 0.05) is 28.5 Å². The molecule has 0 bridgehead atoms. The van der Waals surface area contributed by atoms with Crippen LogP contribution in [-0.2, 0) is 7.05 Å². The molecule has 0 aliphatic carbocycles. The Morgan fingerprint density at radius 1 is 1.12 bits per heavy atom. The minimum atomic E-state index is -0.355. The molecule has 0 saturated heterocycles. The Morgan fingerprint density at radius 3 is 2.71 bits per heavy atom. The van der Waals surface area contributed by atoms with Gasteiger partial charge in [0.25, 0.3) is 0 Å². The van der Waals surface area contributed by atoms with Gasteiger partial charge in [0.15, 0.2) is 23.3 Å². The van der Waals surface area contributed by atoms with E-state index >= 15 is 0 Å². The molecule has 4 aromatic rings. The average Bonchev–Trinajstić information content (AvgIpc) is 2.96. The van der Waals surface area contributed by atoms with Gasteiger partial charge in [0.2, 0.25) is 5.69 Å². The Balaban J connectivity index is 2.11. The van der Waals surface area contributed by atoms with Gasteiger partial charge in [0.05, 0.1) is 12.1 Å². The van der Waals surface area contributed by atoms with Crippen LogP contribution in [0.15, 0.2) is 53.1 Å². The summed E-state index contributed by atoms with van der Waals surface area (Å²) in [4.78, 5) is 3.40. The lowest BCUT2D eigenvalue weighted by Gasteiger charge is -2.06. The second-order valence-corrected chi connectivity index (χ2v) is 5.83. The van der Waals surface area contributed by atoms with E-state index in [9.17, 15) is 4.39 Å². The maximum atomic E-state index is 14.9. The first-order valence-electron chi connectivity index (χ1n) is 7.58. The third-order valence-corrected chi connectivity index (χ3v) is 4.39. The van der Waals surface area contributed by atoms with E-state index in [1.807, 2.05) is 48.1 Å². The fourth-order valence-electron chi connectivity index (χ4n) is 3.09. The first-order chi connectivity index (χ1) is 11.6. The van der Waals surface area contributed by atoms with Crippen molar-refractivity contribution in [2.24, 2.45) is 7.05 Å². The molecule has 116 valence electrons. The first-order valence-corrected chi connectivity index (χ1v) is 7.58. The van der Waals surface area contributed by atoms with Crippen LogP contribution in [0.3, 0.4) is 0 Å². The van der Waals surface area contributed by atoms with Crippen LogP contribution in [0.2, 0.25) is 0 Å². The van der Waals surface area contributed by atoms with Crippen LogP contribution in [0.25, 0.3) is 38.0 Å². The van der Waals surface area contributed by atoms with Crippen molar-refractivity contribution < 1.29 is 13.4 Å². The van der Waals surface area contributed by atoms with Crippen molar-refractivity contribution in [2.75, 3.05) is 0 Å². The Kier molecular flexibility index (Phi) is 3.10. The van der Waals surface area contributed by atoms with Crippen molar-refractivity contribution >= 4 is 27.6 Å². The highest BCUT2D eigenvalue weighted by Gasteiger charge is 2.21. The molecule has 0 fully saturated rings. The number of furan rings is 1. The van der Waals surface area contributed by atoms with Crippen molar-refractivity contribution in [1.82, 2.24) is 0 Å². The molecule has 24 heavy (non-hydrogen) atoms. The number of pyridine rings is 1. The van der Waals surface area contributed by atoms with E-state index < -0.39 is 0 Å². The van der Waals surface area contributed by atoms with Gasteiger partial charge in [-0.2, -0.15) is 0 Å². The summed E-state index contributed by atoms with van der Waals surface area (Å²) in [6, 6.07) is 13.0. The molecule has 2 aromatic heterocycles. The van der Waals surface area contributed by atoms with Crippen molar-refractivity contribution in [3.8, 4) is 11.3 Å². The molecule has 0 unspecified atom stereocenters. The molecule has 4 rings (SSSR count). The number of aromatic nitrogens is 1. The molecule has 0 saturated carbocycles. The van der Waals surface area contributed by atoms with Gasteiger partial charge in [-0.05, 0) is 25.1 Å². The largest absolute Gasteiger partial charge is 0.454 e. The third-order valence-electron chi connectivity index (χ3n) is 4.39. The van der Waals surface area contributed by atoms with Crippen LogP contribution in [0.4, 0.5) is 10.1 Å². The van der Waals surface area contributed by atoms with E-state index in [1.165, 1.54) is 0 Å². The van der Waals surface area contributed by atoms with E-state index in [4.69, 9.17) is 11.0 Å². The maximum absolute atomic E-state index is 14.9. The zero-order valence-electron chi connectivity index (χ0n) is 13.3. The Labute approximate surface area is 138 Å². The highest BCUT2D eigenvalue weighted by molar-refractivity contribution is 6.07. The van der Waals surface area contributed by atoms with Gasteiger partial charge in [-0.1, -0.05) is 12.1 Å². The van der Waals surface area contributed by atoms with Gasteiger partial charge < -0.3 is 4.42 Å². The van der Waals surface area contributed by atoms with E-state index in [0.717, 1.165) is 22.0 Å². The highest BCUT2D eigenvalue weighted by atomic mass is 19.1. The number of fused-ring (bicyclic) bond motifs is 3. The van der Waals surface area contributed by atoms with Crippen molar-refractivity contribution in [1.29, 1.82) is 0 Å². The summed E-state index contributed by atoms with van der Waals surface area (Å²) in [5.74, 6) is -0.355. The molecule has 4 heteroatoms. The maximum Gasteiger partial charge on any atom is 0.212 e. The summed E-state index contributed by atoms with van der Waals surface area (Å²) >= 11 is 0. The number of aryl methyl sites for hydroxylation is 1. The minimum Gasteiger partial charge on any atom is -0.454 e. The molecule has 0 atom stereocenters. The van der Waals surface area contributed by atoms with Gasteiger partial charge >= 0.3 is 0 Å². The second-order valence-electron chi connectivity index (χ2n) is 5.83. The van der Waals surface area contributed by atoms with Crippen LogP contribution in [0.1, 0.15) is 5.56 Å². The Bertz CT molecular complexity index is 1150. The van der Waals surface area contributed by atoms with Crippen LogP contribution in [-0.4, -0.2) is 0 Å². The summed E-state index contributed by atoms with van der Waals surface area (Å²) < 4.78 is 22.6. The molecular weight excluding hydrogens is 303 g/mol. The van der Waals surface area contributed by atoms with Gasteiger partial charge in [-0.3, -0.25) is 0 Å². The van der Waals surface area contributed by atoms with Crippen LogP contribution < -0.4 is 4.57 Å². The summed E-state index contributed by atoms with van der Waals surface area (Å²) in [6.07, 6.45) is 1.94. The monoisotopic (exact) mass is 317 g/mol. The Morgan fingerprint density at radius 2 is 1.96 bits per heavy atom. The average molecular weight is 317 g/mol. The van der Waals surface area contributed by atoms with E-state index in [0.29, 0.717) is 16.8 Å². The smallest absolute Gasteiger partial charge is 0.212 e. The van der Waals surface area contributed by atoms with Gasteiger partial charge in [-0.15, -0.1) is 0 Å². The van der Waals surface area contributed by atoms with E-state index in [2.05, 4.69) is 4.85 Å². The summed E-state index contributed by atoms with van der Waals surface area (Å²) in [5, 5.41) is 1.54. The number of hydrogen-bond donors (Lipinski definition) is 0. The predicted octanol–water partition coefficient (Wildman–Crippen LogP) is 5.08. The highest BCUT2D eigenvalue weighted by Crippen LogP contribution is 2.37. The lowest BCUT2D eigenvalue weighted by atomic mass is 10.0. The normalized spacial score (nSPS) is 11.1.